The Bertz CT molecular complexity index is 464. The molecule has 0 fully saturated rings. The second kappa shape index (κ2) is 4.23. The van der Waals surface area contributed by atoms with Gasteiger partial charge in [-0.25, -0.2) is 4.79 Å². The number of carbonyl (C=O) groups is 1. The average Bonchev–Trinajstić information content (AvgIpc) is 2.67. The first kappa shape index (κ1) is 9.86. The van der Waals surface area contributed by atoms with Gasteiger partial charge in [-0.2, -0.15) is 4.57 Å². The van der Waals surface area contributed by atoms with Gasteiger partial charge in [-0.1, -0.05) is 41.7 Å². The molecule has 0 saturated carbocycles. The Labute approximate surface area is 91.2 Å². The van der Waals surface area contributed by atoms with Gasteiger partial charge < -0.3 is 5.11 Å². The summed E-state index contributed by atoms with van der Waals surface area (Å²) in [5, 5.41) is 11.1. The van der Waals surface area contributed by atoms with Gasteiger partial charge in [-0.05, 0) is 0 Å². The highest BCUT2D eigenvalue weighted by Crippen LogP contribution is 2.04. The Morgan fingerprint density at radius 1 is 1.33 bits per heavy atom. The minimum absolute atomic E-state index is 0.360. The number of hydrogen-bond acceptors (Lipinski definition) is 2. The molecule has 0 atom stereocenters. The molecule has 0 bridgehead atoms. The summed E-state index contributed by atoms with van der Waals surface area (Å²) < 4.78 is 1.74. The van der Waals surface area contributed by atoms with E-state index >= 15 is 0 Å². The Morgan fingerprint density at radius 2 is 2.07 bits per heavy atom. The van der Waals surface area contributed by atoms with Crippen LogP contribution in [-0.2, 0) is 6.54 Å². The molecule has 0 saturated heterocycles. The summed E-state index contributed by atoms with van der Waals surface area (Å²) in [4.78, 5) is 10.9. The minimum atomic E-state index is -0.874. The molecule has 1 aromatic carbocycles. The third-order valence-electron chi connectivity index (χ3n) is 2.06. The van der Waals surface area contributed by atoms with Gasteiger partial charge in [0.25, 0.3) is 0 Å². The van der Waals surface area contributed by atoms with Crippen molar-refractivity contribution in [3.63, 3.8) is 0 Å². The predicted molar refractivity (Wildman–Crippen MR) is 57.0 cm³/mol. The monoisotopic (exact) mass is 220 g/mol. The predicted octanol–water partition coefficient (Wildman–Crippen LogP) is 1.78. The second-order valence-electron chi connectivity index (χ2n) is 3.13. The molecule has 0 radical (unpaired) electrons. The van der Waals surface area contributed by atoms with E-state index in [-0.39, 0.29) is 0 Å². The lowest BCUT2D eigenvalue weighted by Crippen LogP contribution is -2.37. The summed E-state index contributed by atoms with van der Waals surface area (Å²) in [7, 11) is 0. The number of aromatic nitrogens is 1. The second-order valence-corrected chi connectivity index (χ2v) is 4.02. The zero-order chi connectivity index (χ0) is 10.7. The molecule has 1 N–H and O–H groups in total. The third kappa shape index (κ3) is 2.22. The Balaban J connectivity index is 2.25. The number of hydrogen-bond donors (Lipinski definition) is 1. The molecule has 3 nitrogen and oxygen atoms in total. The number of thiazole rings is 1. The van der Waals surface area contributed by atoms with Crippen molar-refractivity contribution in [1.29, 1.82) is 0 Å². The maximum absolute atomic E-state index is 10.9. The van der Waals surface area contributed by atoms with Gasteiger partial charge in [0, 0.05) is 5.56 Å². The van der Waals surface area contributed by atoms with Crippen LogP contribution in [0.4, 0.5) is 0 Å². The van der Waals surface area contributed by atoms with Gasteiger partial charge in [0.05, 0.1) is 5.38 Å². The number of aromatic carboxylic acids is 1. The van der Waals surface area contributed by atoms with Crippen LogP contribution >= 0.6 is 11.3 Å². The van der Waals surface area contributed by atoms with Crippen LogP contribution in [0.3, 0.4) is 0 Å². The molecular formula is C11H10NO2S+. The highest BCUT2D eigenvalue weighted by molar-refractivity contribution is 7.11. The highest BCUT2D eigenvalue weighted by atomic mass is 32.1. The lowest BCUT2D eigenvalue weighted by molar-refractivity contribution is -0.685. The molecule has 0 aliphatic carbocycles. The molecule has 0 unspecified atom stereocenters. The smallest absolute Gasteiger partial charge is 0.412 e. The zero-order valence-corrected chi connectivity index (χ0v) is 8.78. The van der Waals surface area contributed by atoms with Crippen LogP contribution in [0.15, 0.2) is 41.9 Å². The topological polar surface area (TPSA) is 41.2 Å². The van der Waals surface area contributed by atoms with Gasteiger partial charge in [0.2, 0.25) is 0 Å². The van der Waals surface area contributed by atoms with Crippen molar-refractivity contribution in [1.82, 2.24) is 0 Å². The summed E-state index contributed by atoms with van der Waals surface area (Å²) >= 11 is 1.24. The van der Waals surface area contributed by atoms with Gasteiger partial charge in [0.1, 0.15) is 0 Å². The van der Waals surface area contributed by atoms with Crippen LogP contribution in [0, 0.1) is 0 Å². The number of carboxylic acids is 1. The number of nitrogens with zero attached hydrogens (tertiary/aromatic N) is 1. The van der Waals surface area contributed by atoms with Crippen molar-refractivity contribution < 1.29 is 14.5 Å². The fourth-order valence-corrected chi connectivity index (χ4v) is 2.08. The summed E-state index contributed by atoms with van der Waals surface area (Å²) in [5.74, 6) is -0.874. The fraction of sp³-hybridized carbons (Fsp3) is 0.0909. The Hall–Kier alpha value is -1.68. The first-order chi connectivity index (χ1) is 7.27. The van der Waals surface area contributed by atoms with Crippen molar-refractivity contribution in [2.45, 2.75) is 6.54 Å². The molecule has 0 aliphatic rings. The maximum Gasteiger partial charge on any atom is 0.412 e. The summed E-state index contributed by atoms with van der Waals surface area (Å²) in [6.07, 6.45) is 1.79. The van der Waals surface area contributed by atoms with Crippen molar-refractivity contribution >= 4 is 17.3 Å². The Morgan fingerprint density at radius 3 is 2.73 bits per heavy atom. The van der Waals surface area contributed by atoms with Crippen LogP contribution in [0.2, 0.25) is 0 Å². The largest absolute Gasteiger partial charge is 0.473 e. The van der Waals surface area contributed by atoms with Gasteiger partial charge in [-0.15, -0.1) is 0 Å². The molecule has 1 heterocycles. The number of benzene rings is 1. The van der Waals surface area contributed by atoms with E-state index in [1.807, 2.05) is 30.3 Å². The van der Waals surface area contributed by atoms with Crippen molar-refractivity contribution in [3.8, 4) is 0 Å². The number of carboxylic acid groups (broad SMARTS) is 1. The normalized spacial score (nSPS) is 10.1. The van der Waals surface area contributed by atoms with Gasteiger partial charge in [0.15, 0.2) is 12.7 Å². The molecule has 2 rings (SSSR count). The number of rotatable bonds is 3. The molecule has 1 aromatic heterocycles. The van der Waals surface area contributed by atoms with E-state index in [1.165, 1.54) is 11.3 Å². The maximum atomic E-state index is 10.9. The molecule has 4 heteroatoms. The van der Waals surface area contributed by atoms with Gasteiger partial charge in [-0.3, -0.25) is 0 Å². The van der Waals surface area contributed by atoms with E-state index < -0.39 is 5.97 Å². The van der Waals surface area contributed by atoms with Crippen molar-refractivity contribution in [2.24, 2.45) is 0 Å². The Kier molecular flexibility index (Phi) is 2.78. The molecule has 0 amide bonds. The molecule has 2 aromatic rings. The standard InChI is InChI=1S/C11H9NO2S/c13-11(14)10-12(6-7-15-10)8-9-4-2-1-3-5-9/h1-7H,8H2/p+1. The van der Waals surface area contributed by atoms with Crippen LogP contribution in [0.1, 0.15) is 15.4 Å². The van der Waals surface area contributed by atoms with E-state index in [0.29, 0.717) is 11.6 Å². The van der Waals surface area contributed by atoms with Crippen LogP contribution in [0.5, 0.6) is 0 Å². The average molecular weight is 220 g/mol. The zero-order valence-electron chi connectivity index (χ0n) is 7.96. The first-order valence-corrected chi connectivity index (χ1v) is 5.39. The van der Waals surface area contributed by atoms with Crippen LogP contribution < -0.4 is 4.57 Å². The van der Waals surface area contributed by atoms with Crippen LogP contribution in [0.25, 0.3) is 0 Å². The lowest BCUT2D eigenvalue weighted by Gasteiger charge is -1.95. The molecule has 76 valence electrons. The third-order valence-corrected chi connectivity index (χ3v) is 2.95. The van der Waals surface area contributed by atoms with Crippen molar-refractivity contribution in [2.75, 3.05) is 0 Å². The van der Waals surface area contributed by atoms with Crippen LogP contribution in [-0.4, -0.2) is 11.1 Å². The SMILES string of the molecule is O=C(O)c1scc[n+]1Cc1ccccc1. The minimum Gasteiger partial charge on any atom is -0.473 e. The van der Waals surface area contributed by atoms with Gasteiger partial charge >= 0.3 is 11.0 Å². The van der Waals surface area contributed by atoms with E-state index in [2.05, 4.69) is 0 Å². The van der Waals surface area contributed by atoms with E-state index in [0.717, 1.165) is 5.56 Å². The summed E-state index contributed by atoms with van der Waals surface area (Å²) in [6, 6.07) is 9.80. The van der Waals surface area contributed by atoms with E-state index in [4.69, 9.17) is 5.11 Å². The lowest BCUT2D eigenvalue weighted by atomic mass is 10.2. The molecular weight excluding hydrogens is 210 g/mol. The molecule has 15 heavy (non-hydrogen) atoms. The first-order valence-electron chi connectivity index (χ1n) is 4.51. The van der Waals surface area contributed by atoms with Crippen molar-refractivity contribution in [3.05, 3.63) is 52.5 Å². The van der Waals surface area contributed by atoms with E-state index in [9.17, 15) is 4.79 Å². The highest BCUT2D eigenvalue weighted by Gasteiger charge is 2.19. The molecule has 0 spiro atoms. The van der Waals surface area contributed by atoms with E-state index in [1.54, 1.807) is 16.1 Å². The fourth-order valence-electron chi connectivity index (χ4n) is 1.38. The summed E-state index contributed by atoms with van der Waals surface area (Å²) in [5.41, 5.74) is 1.10. The summed E-state index contributed by atoms with van der Waals surface area (Å²) in [6.45, 7) is 0.603. The quantitative estimate of drug-likeness (QED) is 0.801. The molecule has 0 aliphatic heterocycles.